The molecule has 2 fully saturated rings. The Kier molecular flexibility index (Phi) is 4.00. The molecule has 88 valence electrons. The zero-order valence-electron chi connectivity index (χ0n) is 9.69. The van der Waals surface area contributed by atoms with Gasteiger partial charge in [-0.25, -0.2) is 0 Å². The summed E-state index contributed by atoms with van der Waals surface area (Å²) in [6.45, 7) is 3.24. The summed E-state index contributed by atoms with van der Waals surface area (Å²) in [7, 11) is 0. The van der Waals surface area contributed by atoms with Crippen LogP contribution in [0.1, 0.15) is 45.4 Å². The first-order valence-electron chi connectivity index (χ1n) is 6.36. The van der Waals surface area contributed by atoms with Crippen molar-refractivity contribution in [1.82, 2.24) is 4.90 Å². The molecule has 3 nitrogen and oxygen atoms in total. The molecular formula is C12H23NO2. The molecule has 0 radical (unpaired) electrons. The molecule has 0 aromatic carbocycles. The monoisotopic (exact) mass is 213 g/mol. The molecule has 3 heteroatoms. The number of hydrogen-bond acceptors (Lipinski definition) is 3. The first-order valence-corrected chi connectivity index (χ1v) is 6.36. The summed E-state index contributed by atoms with van der Waals surface area (Å²) in [6, 6.07) is 1.43. The molecule has 3 unspecified atom stereocenters. The molecule has 0 spiro atoms. The molecule has 2 aliphatic heterocycles. The van der Waals surface area contributed by atoms with Crippen LogP contribution >= 0.6 is 0 Å². The van der Waals surface area contributed by atoms with Gasteiger partial charge in [-0.3, -0.25) is 4.90 Å². The highest BCUT2D eigenvalue weighted by atomic mass is 16.6. The lowest BCUT2D eigenvalue weighted by Gasteiger charge is -2.29. The van der Waals surface area contributed by atoms with Gasteiger partial charge in [0.1, 0.15) is 0 Å². The van der Waals surface area contributed by atoms with Crippen LogP contribution in [0, 0.1) is 0 Å². The first kappa shape index (κ1) is 11.4. The van der Waals surface area contributed by atoms with Crippen LogP contribution in [0.15, 0.2) is 0 Å². The lowest BCUT2D eigenvalue weighted by molar-refractivity contribution is -0.114. The molecule has 0 saturated carbocycles. The summed E-state index contributed by atoms with van der Waals surface area (Å²) >= 11 is 0. The SMILES string of the molecule is CCOC(O)CN1C2CCCCC1CC2. The average Bonchev–Trinajstić information content (AvgIpc) is 2.40. The largest absolute Gasteiger partial charge is 0.367 e. The molecule has 2 aliphatic rings. The van der Waals surface area contributed by atoms with Crippen molar-refractivity contribution in [2.24, 2.45) is 0 Å². The maximum absolute atomic E-state index is 9.69. The summed E-state index contributed by atoms with van der Waals surface area (Å²) in [5, 5.41) is 9.69. The number of rotatable bonds is 4. The van der Waals surface area contributed by atoms with Crippen LogP contribution in [0.3, 0.4) is 0 Å². The Hall–Kier alpha value is -0.120. The molecule has 2 rings (SSSR count). The van der Waals surface area contributed by atoms with Crippen molar-refractivity contribution >= 4 is 0 Å². The molecule has 15 heavy (non-hydrogen) atoms. The normalized spacial score (nSPS) is 34.0. The standard InChI is InChI=1S/C12H23NO2/c1-2-15-12(14)9-13-10-5-3-4-6-11(13)8-7-10/h10-12,14H,2-9H2,1H3. The lowest BCUT2D eigenvalue weighted by atomic mass is 10.0. The summed E-state index contributed by atoms with van der Waals surface area (Å²) in [5.74, 6) is 0. The van der Waals surface area contributed by atoms with Gasteiger partial charge < -0.3 is 9.84 Å². The highest BCUT2D eigenvalue weighted by Crippen LogP contribution is 2.34. The van der Waals surface area contributed by atoms with Gasteiger partial charge >= 0.3 is 0 Å². The molecule has 2 heterocycles. The smallest absolute Gasteiger partial charge is 0.167 e. The highest BCUT2D eigenvalue weighted by Gasteiger charge is 2.35. The summed E-state index contributed by atoms with van der Waals surface area (Å²) < 4.78 is 5.22. The lowest BCUT2D eigenvalue weighted by Crippen LogP contribution is -2.41. The minimum atomic E-state index is -0.587. The first-order chi connectivity index (χ1) is 7.31. The average molecular weight is 213 g/mol. The van der Waals surface area contributed by atoms with Gasteiger partial charge in [-0.2, -0.15) is 0 Å². The van der Waals surface area contributed by atoms with Gasteiger partial charge in [0.05, 0.1) is 0 Å². The number of aliphatic hydroxyl groups excluding tert-OH is 1. The van der Waals surface area contributed by atoms with Gasteiger partial charge in [0, 0.05) is 25.2 Å². The van der Waals surface area contributed by atoms with Crippen LogP contribution in [0.25, 0.3) is 0 Å². The van der Waals surface area contributed by atoms with Crippen molar-refractivity contribution < 1.29 is 9.84 Å². The molecule has 2 bridgehead atoms. The van der Waals surface area contributed by atoms with Gasteiger partial charge in [-0.05, 0) is 32.6 Å². The zero-order chi connectivity index (χ0) is 10.7. The van der Waals surface area contributed by atoms with Gasteiger partial charge in [-0.15, -0.1) is 0 Å². The molecule has 0 aliphatic carbocycles. The van der Waals surface area contributed by atoms with Crippen molar-refractivity contribution in [3.63, 3.8) is 0 Å². The van der Waals surface area contributed by atoms with Gasteiger partial charge in [-0.1, -0.05) is 12.8 Å². The fourth-order valence-corrected chi connectivity index (χ4v) is 3.12. The Morgan fingerprint density at radius 2 is 1.80 bits per heavy atom. The van der Waals surface area contributed by atoms with E-state index in [1.54, 1.807) is 0 Å². The van der Waals surface area contributed by atoms with Gasteiger partial charge in [0.15, 0.2) is 6.29 Å². The van der Waals surface area contributed by atoms with E-state index in [-0.39, 0.29) is 0 Å². The van der Waals surface area contributed by atoms with E-state index in [9.17, 15) is 5.11 Å². The van der Waals surface area contributed by atoms with Crippen LogP contribution in [0.2, 0.25) is 0 Å². The van der Waals surface area contributed by atoms with Crippen molar-refractivity contribution in [3.8, 4) is 0 Å². The van der Waals surface area contributed by atoms with E-state index in [2.05, 4.69) is 4.90 Å². The molecular weight excluding hydrogens is 190 g/mol. The topological polar surface area (TPSA) is 32.7 Å². The fourth-order valence-electron chi connectivity index (χ4n) is 3.12. The van der Waals surface area contributed by atoms with Crippen LogP contribution in [0.4, 0.5) is 0 Å². The predicted octanol–water partition coefficient (Wildman–Crippen LogP) is 1.75. The van der Waals surface area contributed by atoms with E-state index in [1.165, 1.54) is 38.5 Å². The molecule has 1 N–H and O–H groups in total. The molecule has 0 aromatic heterocycles. The second-order valence-electron chi connectivity index (χ2n) is 4.78. The second kappa shape index (κ2) is 5.28. The summed E-state index contributed by atoms with van der Waals surface area (Å²) in [5.41, 5.74) is 0. The highest BCUT2D eigenvalue weighted by molar-refractivity contribution is 4.90. The quantitative estimate of drug-likeness (QED) is 0.722. The van der Waals surface area contributed by atoms with Crippen LogP contribution < -0.4 is 0 Å². The predicted molar refractivity (Wildman–Crippen MR) is 59.6 cm³/mol. The second-order valence-corrected chi connectivity index (χ2v) is 4.78. The Morgan fingerprint density at radius 3 is 2.33 bits per heavy atom. The van der Waals surface area contributed by atoms with Crippen molar-refractivity contribution in [2.75, 3.05) is 13.2 Å². The maximum atomic E-state index is 9.69. The van der Waals surface area contributed by atoms with Gasteiger partial charge in [0.2, 0.25) is 0 Å². The minimum absolute atomic E-state index is 0.587. The fraction of sp³-hybridized carbons (Fsp3) is 1.00. The third kappa shape index (κ3) is 2.71. The van der Waals surface area contributed by atoms with Crippen molar-refractivity contribution in [3.05, 3.63) is 0 Å². The minimum Gasteiger partial charge on any atom is -0.367 e. The Balaban J connectivity index is 1.89. The Bertz CT molecular complexity index is 184. The molecule has 0 amide bonds. The third-order valence-electron chi connectivity index (χ3n) is 3.82. The van der Waals surface area contributed by atoms with Crippen LogP contribution in [0.5, 0.6) is 0 Å². The van der Waals surface area contributed by atoms with Crippen LogP contribution in [-0.4, -0.2) is 41.5 Å². The van der Waals surface area contributed by atoms with E-state index in [0.717, 1.165) is 0 Å². The molecule has 2 saturated heterocycles. The Morgan fingerprint density at radius 1 is 1.20 bits per heavy atom. The summed E-state index contributed by atoms with van der Waals surface area (Å²) in [6.07, 6.45) is 7.42. The van der Waals surface area contributed by atoms with E-state index in [0.29, 0.717) is 25.2 Å². The Labute approximate surface area is 92.4 Å². The summed E-state index contributed by atoms with van der Waals surface area (Å²) in [4.78, 5) is 2.49. The van der Waals surface area contributed by atoms with E-state index < -0.39 is 6.29 Å². The number of nitrogens with zero attached hydrogens (tertiary/aromatic N) is 1. The maximum Gasteiger partial charge on any atom is 0.167 e. The number of fused-ring (bicyclic) bond motifs is 2. The molecule has 3 atom stereocenters. The van der Waals surface area contributed by atoms with Crippen molar-refractivity contribution in [1.29, 1.82) is 0 Å². The molecule has 0 aromatic rings. The van der Waals surface area contributed by atoms with E-state index in [4.69, 9.17) is 4.74 Å². The zero-order valence-corrected chi connectivity index (χ0v) is 9.69. The number of aliphatic hydroxyl groups is 1. The van der Waals surface area contributed by atoms with E-state index in [1.807, 2.05) is 6.92 Å². The van der Waals surface area contributed by atoms with Crippen molar-refractivity contribution in [2.45, 2.75) is 63.8 Å². The number of ether oxygens (including phenoxy) is 1. The third-order valence-corrected chi connectivity index (χ3v) is 3.82. The van der Waals surface area contributed by atoms with E-state index >= 15 is 0 Å². The number of hydrogen-bond donors (Lipinski definition) is 1. The van der Waals surface area contributed by atoms with Gasteiger partial charge in [0.25, 0.3) is 0 Å². The van der Waals surface area contributed by atoms with Crippen LogP contribution in [-0.2, 0) is 4.74 Å².